The Balaban J connectivity index is 1.82. The predicted octanol–water partition coefficient (Wildman–Crippen LogP) is 2.51. The Morgan fingerprint density at radius 1 is 0.632 bits per heavy atom. The van der Waals surface area contributed by atoms with Gasteiger partial charge in [-0.2, -0.15) is 15.0 Å². The van der Waals surface area contributed by atoms with E-state index in [1.807, 2.05) is 0 Å². The van der Waals surface area contributed by atoms with Gasteiger partial charge >= 0.3 is 0 Å². The van der Waals surface area contributed by atoms with Crippen molar-refractivity contribution in [3.05, 3.63) is 5.28 Å². The standard InChI is InChI=1S/C13H20ClN5/c14-11-15-12(18-7-3-1-4-8-18)17-13(16-11)19-9-5-2-6-10-19/h1-10H2. The van der Waals surface area contributed by atoms with Crippen LogP contribution >= 0.6 is 11.6 Å². The van der Waals surface area contributed by atoms with Crippen LogP contribution in [-0.4, -0.2) is 41.1 Å². The first-order valence-corrected chi connectivity index (χ1v) is 7.62. The number of nitrogens with zero attached hydrogens (tertiary/aromatic N) is 5. The minimum atomic E-state index is 0.316. The lowest BCUT2D eigenvalue weighted by atomic mass is 10.1. The topological polar surface area (TPSA) is 45.2 Å². The van der Waals surface area contributed by atoms with Crippen LogP contribution in [0.4, 0.5) is 11.9 Å². The lowest BCUT2D eigenvalue weighted by molar-refractivity contribution is 0.556. The third kappa shape index (κ3) is 3.08. The van der Waals surface area contributed by atoms with Crippen molar-refractivity contribution in [2.24, 2.45) is 0 Å². The minimum Gasteiger partial charge on any atom is -0.341 e. The van der Waals surface area contributed by atoms with Gasteiger partial charge in [-0.15, -0.1) is 0 Å². The summed E-state index contributed by atoms with van der Waals surface area (Å²) in [5.74, 6) is 1.50. The lowest BCUT2D eigenvalue weighted by Gasteiger charge is -2.29. The van der Waals surface area contributed by atoms with Crippen LogP contribution < -0.4 is 9.80 Å². The first kappa shape index (κ1) is 12.9. The molecule has 5 nitrogen and oxygen atoms in total. The highest BCUT2D eigenvalue weighted by molar-refractivity contribution is 6.28. The summed E-state index contributed by atoms with van der Waals surface area (Å²) in [5.41, 5.74) is 0. The Kier molecular flexibility index (Phi) is 4.01. The maximum atomic E-state index is 6.07. The van der Waals surface area contributed by atoms with Crippen molar-refractivity contribution in [2.75, 3.05) is 36.0 Å². The van der Waals surface area contributed by atoms with Crippen LogP contribution in [0.5, 0.6) is 0 Å². The zero-order valence-corrected chi connectivity index (χ0v) is 11.9. The number of halogens is 1. The van der Waals surface area contributed by atoms with Gasteiger partial charge in [-0.05, 0) is 50.1 Å². The van der Waals surface area contributed by atoms with Crippen molar-refractivity contribution in [3.8, 4) is 0 Å². The van der Waals surface area contributed by atoms with Crippen molar-refractivity contribution < 1.29 is 0 Å². The molecule has 0 amide bonds. The van der Waals surface area contributed by atoms with Crippen molar-refractivity contribution in [3.63, 3.8) is 0 Å². The molecule has 104 valence electrons. The van der Waals surface area contributed by atoms with Gasteiger partial charge in [0.15, 0.2) is 0 Å². The van der Waals surface area contributed by atoms with E-state index in [1.54, 1.807) is 0 Å². The molecule has 0 spiro atoms. The van der Waals surface area contributed by atoms with Crippen molar-refractivity contribution in [2.45, 2.75) is 38.5 Å². The SMILES string of the molecule is Clc1nc(N2CCCCC2)nc(N2CCCCC2)n1. The minimum absolute atomic E-state index is 0.316. The van der Waals surface area contributed by atoms with Gasteiger partial charge in [0.2, 0.25) is 17.2 Å². The molecular weight excluding hydrogens is 262 g/mol. The van der Waals surface area contributed by atoms with Crippen LogP contribution in [0.3, 0.4) is 0 Å². The molecule has 0 aliphatic carbocycles. The number of aromatic nitrogens is 3. The summed E-state index contributed by atoms with van der Waals surface area (Å²) in [7, 11) is 0. The van der Waals surface area contributed by atoms with Crippen LogP contribution in [0.25, 0.3) is 0 Å². The molecule has 1 aromatic heterocycles. The van der Waals surface area contributed by atoms with Crippen LogP contribution in [0.2, 0.25) is 5.28 Å². The van der Waals surface area contributed by atoms with Gasteiger partial charge in [0.25, 0.3) is 0 Å². The van der Waals surface area contributed by atoms with Gasteiger partial charge in [0.1, 0.15) is 0 Å². The van der Waals surface area contributed by atoms with E-state index in [4.69, 9.17) is 11.6 Å². The fraction of sp³-hybridized carbons (Fsp3) is 0.769. The first-order valence-electron chi connectivity index (χ1n) is 7.24. The molecule has 0 bridgehead atoms. The second-order valence-corrected chi connectivity index (χ2v) is 5.64. The molecule has 0 saturated carbocycles. The summed E-state index contributed by atoms with van der Waals surface area (Å²) in [4.78, 5) is 17.7. The van der Waals surface area contributed by atoms with Crippen molar-refractivity contribution >= 4 is 23.5 Å². The fourth-order valence-corrected chi connectivity index (χ4v) is 2.95. The van der Waals surface area contributed by atoms with Gasteiger partial charge in [0, 0.05) is 26.2 Å². The Bertz CT molecular complexity index is 391. The van der Waals surface area contributed by atoms with Crippen LogP contribution in [0, 0.1) is 0 Å². The maximum absolute atomic E-state index is 6.07. The molecule has 3 rings (SSSR count). The number of hydrogen-bond donors (Lipinski definition) is 0. The molecule has 3 heterocycles. The van der Waals surface area contributed by atoms with E-state index in [0.29, 0.717) is 5.28 Å². The van der Waals surface area contributed by atoms with E-state index >= 15 is 0 Å². The average Bonchev–Trinajstić information content (AvgIpc) is 2.48. The van der Waals surface area contributed by atoms with Gasteiger partial charge in [-0.3, -0.25) is 0 Å². The highest BCUT2D eigenvalue weighted by Crippen LogP contribution is 2.22. The molecule has 0 unspecified atom stereocenters. The van der Waals surface area contributed by atoms with Gasteiger partial charge < -0.3 is 9.80 Å². The highest BCUT2D eigenvalue weighted by atomic mass is 35.5. The van der Waals surface area contributed by atoms with Crippen molar-refractivity contribution in [1.29, 1.82) is 0 Å². The molecule has 2 aliphatic heterocycles. The number of rotatable bonds is 2. The summed E-state index contributed by atoms with van der Waals surface area (Å²) >= 11 is 6.07. The smallest absolute Gasteiger partial charge is 0.231 e. The molecule has 1 aromatic rings. The van der Waals surface area contributed by atoms with E-state index < -0.39 is 0 Å². The van der Waals surface area contributed by atoms with Gasteiger partial charge in [-0.25, -0.2) is 0 Å². The average molecular weight is 282 g/mol. The quantitative estimate of drug-likeness (QED) is 0.833. The fourth-order valence-electron chi connectivity index (χ4n) is 2.80. The third-order valence-corrected chi connectivity index (χ3v) is 4.03. The van der Waals surface area contributed by atoms with E-state index in [1.165, 1.54) is 38.5 Å². The Hall–Kier alpha value is -1.10. The zero-order chi connectivity index (χ0) is 13.1. The molecule has 6 heteroatoms. The third-order valence-electron chi connectivity index (χ3n) is 3.86. The highest BCUT2D eigenvalue weighted by Gasteiger charge is 2.19. The molecule has 0 radical (unpaired) electrons. The van der Waals surface area contributed by atoms with Crippen LogP contribution in [0.15, 0.2) is 0 Å². The zero-order valence-electron chi connectivity index (χ0n) is 11.2. The van der Waals surface area contributed by atoms with Crippen LogP contribution in [-0.2, 0) is 0 Å². The first-order chi connectivity index (χ1) is 9.33. The predicted molar refractivity (Wildman–Crippen MR) is 77.0 cm³/mol. The van der Waals surface area contributed by atoms with Crippen molar-refractivity contribution in [1.82, 2.24) is 15.0 Å². The molecule has 2 fully saturated rings. The summed E-state index contributed by atoms with van der Waals surface area (Å²) in [5, 5.41) is 0.316. The second kappa shape index (κ2) is 5.90. The van der Waals surface area contributed by atoms with E-state index in [9.17, 15) is 0 Å². The molecule has 2 aliphatic rings. The van der Waals surface area contributed by atoms with Gasteiger partial charge in [-0.1, -0.05) is 0 Å². The summed E-state index contributed by atoms with van der Waals surface area (Å²) in [6, 6.07) is 0. The largest absolute Gasteiger partial charge is 0.341 e. The Morgan fingerprint density at radius 2 is 1.05 bits per heavy atom. The number of anilines is 2. The molecular formula is C13H20ClN5. The molecule has 2 saturated heterocycles. The second-order valence-electron chi connectivity index (χ2n) is 5.30. The van der Waals surface area contributed by atoms with E-state index in [-0.39, 0.29) is 0 Å². The maximum Gasteiger partial charge on any atom is 0.231 e. The Labute approximate surface area is 119 Å². The molecule has 0 aromatic carbocycles. The molecule has 0 atom stereocenters. The van der Waals surface area contributed by atoms with Gasteiger partial charge in [0.05, 0.1) is 0 Å². The normalized spacial score (nSPS) is 20.7. The Morgan fingerprint density at radius 3 is 1.47 bits per heavy atom. The monoisotopic (exact) mass is 281 g/mol. The molecule has 0 N–H and O–H groups in total. The van der Waals surface area contributed by atoms with Crippen LogP contribution in [0.1, 0.15) is 38.5 Å². The molecule has 19 heavy (non-hydrogen) atoms. The van der Waals surface area contributed by atoms with E-state index in [2.05, 4.69) is 24.8 Å². The number of hydrogen-bond acceptors (Lipinski definition) is 5. The summed E-state index contributed by atoms with van der Waals surface area (Å²) in [6.07, 6.45) is 7.44. The van der Waals surface area contributed by atoms with E-state index in [0.717, 1.165) is 38.1 Å². The number of piperidine rings is 2. The summed E-state index contributed by atoms with van der Waals surface area (Å²) < 4.78 is 0. The lowest BCUT2D eigenvalue weighted by Crippen LogP contribution is -2.34. The summed E-state index contributed by atoms with van der Waals surface area (Å²) in [6.45, 7) is 4.11.